The second-order valence-electron chi connectivity index (χ2n) is 23.8. The average molecular weight is 1280 g/mol. The van der Waals surface area contributed by atoms with Crippen molar-refractivity contribution >= 4 is 77.0 Å². The van der Waals surface area contributed by atoms with Gasteiger partial charge in [0.1, 0.15) is 66.5 Å². The maximum Gasteiger partial charge on any atom is 0.329 e. The van der Waals surface area contributed by atoms with Gasteiger partial charge in [-0.2, -0.15) is 0 Å². The molecule has 1 aromatic carbocycles. The van der Waals surface area contributed by atoms with Crippen molar-refractivity contribution in [3.63, 3.8) is 0 Å². The van der Waals surface area contributed by atoms with Crippen molar-refractivity contribution in [2.24, 2.45) is 62.5 Å². The molecule has 91 heavy (non-hydrogen) atoms. The topological polar surface area (TPSA) is 466 Å². The standard InChI is InChI=1S/C62H106N16O13/c1-13-24-41-53(83)77-48(36(10)17-5)60(90)91-38(12)49(59(89)69-37(11)50(80)70-41)78-55(85)44(32-79)73-57(87)46(34(8)15-3)76-58(88)47(35(9)16-4)75-54(84)43(28-23-30-68-62(65)66)71-52(82)42(27-22-29-67-61(63)64)72-56(86)45(33(7)14-2)74-51(81)40(18-6)31-39-25-20-19-21-26-39/h19-21,25-26,33-38,40-49,79H,13-18,22-24,27-32H2,1-12H3,(H,69,89)(H,70,80)(H,71,82)(H,72,86)(H,73,87)(H,74,81)(H,75,84)(H,76,88)(H,77,83)(H,78,85)(H4,63,64,67)(H4,65,66,68)/t33-,34-,35+,36-,37-,38-,40+,41-,42-,43+,44-,45-,46-,47+,48-,49+/m0/s1. The van der Waals surface area contributed by atoms with Crippen LogP contribution in [-0.2, 0) is 63.9 Å². The number of nitrogens with zero attached hydrogens (tertiary/aromatic N) is 2. The lowest BCUT2D eigenvalue weighted by molar-refractivity contribution is -0.157. The maximum atomic E-state index is 14.7. The normalized spacial score (nSPS) is 20.7. The number of benzene rings is 1. The number of aliphatic imine (C=N–C) groups is 2. The largest absolute Gasteiger partial charge is 0.458 e. The van der Waals surface area contributed by atoms with Gasteiger partial charge in [-0.25, -0.2) is 4.79 Å². The van der Waals surface area contributed by atoms with E-state index in [0.717, 1.165) is 5.56 Å². The zero-order valence-electron chi connectivity index (χ0n) is 55.3. The Kier molecular flexibility index (Phi) is 35.2. The SMILES string of the molecule is CCC[C@@H]1NC(=O)[C@H](C)NC(=O)[C@H](NC(=O)[C@H](CO)NC(=O)[C@@H](NC(=O)[C@H](NC(=O)[C@@H](CCCN=C(N)N)NC(=O)[C@H](CCCN=C(N)N)NC(=O)[C@@H](NC(=O)[C@H](CC)Cc2ccccc2)[C@@H](C)CC)[C@H](C)CC)[C@@H](C)CC)[C@H](C)OC(=O)[C@H]([C@@H](C)CC)NC1=O. The van der Waals surface area contributed by atoms with Gasteiger partial charge in [-0.1, -0.05) is 132 Å². The fraction of sp³-hybridized carbons (Fsp3) is 0.694. The number of rotatable bonds is 36. The van der Waals surface area contributed by atoms with E-state index in [0.29, 0.717) is 38.5 Å². The maximum absolute atomic E-state index is 14.7. The first-order valence-corrected chi connectivity index (χ1v) is 32.0. The number of guanidine groups is 2. The van der Waals surface area contributed by atoms with E-state index in [9.17, 15) is 57.8 Å². The Morgan fingerprint density at radius 3 is 1.48 bits per heavy atom. The third kappa shape index (κ3) is 26.3. The van der Waals surface area contributed by atoms with Crippen LogP contribution in [0.1, 0.15) is 159 Å². The average Bonchev–Trinajstić information content (AvgIpc) is 2.04. The molecule has 0 spiro atoms. The highest BCUT2D eigenvalue weighted by molar-refractivity contribution is 5.99. The molecule has 1 fully saturated rings. The molecule has 1 heterocycles. The van der Waals surface area contributed by atoms with E-state index < -0.39 is 156 Å². The van der Waals surface area contributed by atoms with Gasteiger partial charge in [-0.15, -0.1) is 0 Å². The van der Waals surface area contributed by atoms with Gasteiger partial charge in [0.15, 0.2) is 11.9 Å². The Balaban J connectivity index is 2.53. The van der Waals surface area contributed by atoms with Gasteiger partial charge in [0.25, 0.3) is 0 Å². The highest BCUT2D eigenvalue weighted by Gasteiger charge is 2.41. The Bertz CT molecular complexity index is 2620. The van der Waals surface area contributed by atoms with E-state index in [1.807, 2.05) is 44.2 Å². The van der Waals surface area contributed by atoms with Crippen LogP contribution >= 0.6 is 0 Å². The van der Waals surface area contributed by atoms with Crippen molar-refractivity contribution in [2.45, 2.75) is 227 Å². The molecule has 0 saturated carbocycles. The van der Waals surface area contributed by atoms with Gasteiger partial charge in [0, 0.05) is 19.0 Å². The van der Waals surface area contributed by atoms with Crippen molar-refractivity contribution in [2.75, 3.05) is 19.7 Å². The predicted molar refractivity (Wildman–Crippen MR) is 344 cm³/mol. The van der Waals surface area contributed by atoms with Crippen LogP contribution in [-0.4, -0.2) is 168 Å². The summed E-state index contributed by atoms with van der Waals surface area (Å²) >= 11 is 0. The monoisotopic (exact) mass is 1280 g/mol. The zero-order valence-corrected chi connectivity index (χ0v) is 55.3. The minimum absolute atomic E-state index is 0.0243. The first-order valence-electron chi connectivity index (χ1n) is 32.0. The summed E-state index contributed by atoms with van der Waals surface area (Å²) in [7, 11) is 0. The molecule has 29 nitrogen and oxygen atoms in total. The van der Waals surface area contributed by atoms with Gasteiger partial charge in [0.05, 0.1) is 6.61 Å². The van der Waals surface area contributed by atoms with E-state index in [4.69, 9.17) is 27.7 Å². The Labute approximate surface area is 535 Å². The molecule has 0 aromatic heterocycles. The van der Waals surface area contributed by atoms with Crippen molar-refractivity contribution in [3.8, 4) is 0 Å². The third-order valence-electron chi connectivity index (χ3n) is 16.6. The summed E-state index contributed by atoms with van der Waals surface area (Å²) in [5.41, 5.74) is 23.3. The fourth-order valence-corrected chi connectivity index (χ4v) is 9.85. The summed E-state index contributed by atoms with van der Waals surface area (Å²) in [5, 5.41) is 37.2. The van der Waals surface area contributed by atoms with Gasteiger partial charge < -0.3 is 85.9 Å². The Morgan fingerprint density at radius 2 is 1.02 bits per heavy atom. The van der Waals surface area contributed by atoms with Crippen LogP contribution in [0.4, 0.5) is 0 Å². The number of hydrogen-bond acceptors (Lipinski definition) is 15. The lowest BCUT2D eigenvalue weighted by Gasteiger charge is -2.31. The summed E-state index contributed by atoms with van der Waals surface area (Å²) in [6, 6.07) is -4.13. The van der Waals surface area contributed by atoms with Crippen molar-refractivity contribution in [3.05, 3.63) is 35.9 Å². The fourth-order valence-electron chi connectivity index (χ4n) is 9.85. The summed E-state index contributed by atoms with van der Waals surface area (Å²) in [6.07, 6.45) is 1.88. The minimum atomic E-state index is -1.79. The minimum Gasteiger partial charge on any atom is -0.458 e. The van der Waals surface area contributed by atoms with Crippen LogP contribution in [0.2, 0.25) is 0 Å². The molecule has 0 aliphatic carbocycles. The number of nitrogens with one attached hydrogen (secondary N) is 10. The van der Waals surface area contributed by atoms with Gasteiger partial charge >= 0.3 is 5.97 Å². The number of ether oxygens (including phenoxy) is 1. The zero-order chi connectivity index (χ0) is 68.7. The second-order valence-corrected chi connectivity index (χ2v) is 23.8. The Morgan fingerprint density at radius 1 is 0.560 bits per heavy atom. The number of aliphatic hydroxyl groups is 1. The van der Waals surface area contributed by atoms with Gasteiger partial charge in [-0.3, -0.25) is 57.9 Å². The summed E-state index contributed by atoms with van der Waals surface area (Å²) < 4.78 is 5.72. The first kappa shape index (κ1) is 79.0. The number of hydrogen-bond donors (Lipinski definition) is 15. The molecule has 1 aliphatic heterocycles. The van der Waals surface area contributed by atoms with Crippen LogP contribution in [0.3, 0.4) is 0 Å². The number of amides is 10. The molecular weight excluding hydrogens is 1180 g/mol. The quantitative estimate of drug-likeness (QED) is 0.0168. The molecule has 0 unspecified atom stereocenters. The summed E-state index contributed by atoms with van der Waals surface area (Å²) in [6.45, 7) is 19.4. The molecule has 0 bridgehead atoms. The van der Waals surface area contributed by atoms with E-state index in [-0.39, 0.29) is 75.4 Å². The van der Waals surface area contributed by atoms with Crippen molar-refractivity contribution < 1.29 is 62.6 Å². The van der Waals surface area contributed by atoms with E-state index in [1.165, 1.54) is 13.8 Å². The van der Waals surface area contributed by atoms with Crippen LogP contribution < -0.4 is 76.1 Å². The molecule has 1 aromatic rings. The molecule has 16 atom stereocenters. The smallest absolute Gasteiger partial charge is 0.329 e. The number of carbonyl (C=O) groups is 11. The highest BCUT2D eigenvalue weighted by atomic mass is 16.5. The van der Waals surface area contributed by atoms with Crippen LogP contribution in [0.25, 0.3) is 0 Å². The van der Waals surface area contributed by atoms with Crippen molar-refractivity contribution in [1.82, 2.24) is 53.2 Å². The van der Waals surface area contributed by atoms with Crippen LogP contribution in [0, 0.1) is 29.6 Å². The Hall–Kier alpha value is -8.11. The lowest BCUT2D eigenvalue weighted by atomic mass is 9.93. The molecule has 19 N–H and O–H groups in total. The van der Waals surface area contributed by atoms with E-state index in [1.54, 1.807) is 55.4 Å². The van der Waals surface area contributed by atoms with Crippen molar-refractivity contribution in [1.29, 1.82) is 0 Å². The number of nitrogens with two attached hydrogens (primary N) is 4. The van der Waals surface area contributed by atoms with E-state index in [2.05, 4.69) is 63.2 Å². The molecule has 1 saturated heterocycles. The van der Waals surface area contributed by atoms with Gasteiger partial charge in [-0.05, 0) is 88.0 Å². The van der Waals surface area contributed by atoms with E-state index >= 15 is 0 Å². The second kappa shape index (κ2) is 40.6. The molecule has 29 heteroatoms. The predicted octanol–water partition coefficient (Wildman–Crippen LogP) is -0.848. The molecule has 1 aliphatic rings. The first-order chi connectivity index (χ1) is 43.0. The highest BCUT2D eigenvalue weighted by Crippen LogP contribution is 2.19. The number of esters is 1. The lowest BCUT2D eigenvalue weighted by Crippen LogP contribution is -2.63. The van der Waals surface area contributed by atoms with Gasteiger partial charge in [0.2, 0.25) is 59.1 Å². The summed E-state index contributed by atoms with van der Waals surface area (Å²) in [5.74, 6) is -11.8. The number of cyclic esters (lactones) is 1. The van der Waals surface area contributed by atoms with Crippen LogP contribution in [0.15, 0.2) is 40.3 Å². The van der Waals surface area contributed by atoms with Crippen LogP contribution in [0.5, 0.6) is 0 Å². The molecular formula is C62H106N16O13. The molecule has 2 rings (SSSR count). The summed E-state index contributed by atoms with van der Waals surface area (Å²) in [4.78, 5) is 163. The number of aliphatic hydroxyl groups excluding tert-OH is 1. The molecule has 512 valence electrons. The molecule has 10 amide bonds. The molecule has 0 radical (unpaired) electrons. The third-order valence-corrected chi connectivity index (χ3v) is 16.6. The number of carbonyl (C=O) groups excluding carboxylic acids is 11.